The molecule has 2 bridgehead atoms. The fraction of sp³-hybridized carbons (Fsp3) is 0.414. The fourth-order valence-electron chi connectivity index (χ4n) is 6.37. The maximum atomic E-state index is 15.3. The molecular formula is C29H25F4N3O5S. The van der Waals surface area contributed by atoms with Gasteiger partial charge < -0.3 is 24.0 Å². The molecule has 1 saturated carbocycles. The number of carboxylic acids is 1. The van der Waals surface area contributed by atoms with Crippen LogP contribution in [0.2, 0.25) is 0 Å². The van der Waals surface area contributed by atoms with E-state index in [-0.39, 0.29) is 58.8 Å². The Hall–Kier alpha value is -3.71. The van der Waals surface area contributed by atoms with E-state index in [0.29, 0.717) is 34.6 Å². The molecule has 3 aliphatic rings. The van der Waals surface area contributed by atoms with Gasteiger partial charge in [-0.05, 0) is 74.3 Å². The van der Waals surface area contributed by atoms with Crippen molar-refractivity contribution >= 4 is 33.3 Å². The first-order chi connectivity index (χ1) is 20.2. The van der Waals surface area contributed by atoms with Gasteiger partial charge in [-0.25, -0.2) is 9.18 Å². The Morgan fingerprint density at radius 3 is 2.55 bits per heavy atom. The van der Waals surface area contributed by atoms with Gasteiger partial charge in [-0.15, -0.1) is 13.2 Å². The number of rotatable bonds is 8. The second-order valence-electron chi connectivity index (χ2n) is 11.0. The van der Waals surface area contributed by atoms with Crippen molar-refractivity contribution in [3.63, 3.8) is 0 Å². The van der Waals surface area contributed by atoms with Crippen LogP contribution < -0.4 is 9.64 Å². The molecule has 42 heavy (non-hydrogen) atoms. The van der Waals surface area contributed by atoms with E-state index in [1.54, 1.807) is 12.1 Å². The van der Waals surface area contributed by atoms with Crippen LogP contribution in [0.3, 0.4) is 0 Å². The lowest BCUT2D eigenvalue weighted by Gasteiger charge is -2.40. The Bertz CT molecular complexity index is 1650. The summed E-state index contributed by atoms with van der Waals surface area (Å²) in [5.74, 6) is -1.24. The molecule has 8 nitrogen and oxygen atoms in total. The van der Waals surface area contributed by atoms with Crippen LogP contribution >= 0.6 is 11.5 Å². The number of para-hydroxylation sites is 1. The number of hydrogen-bond acceptors (Lipinski definition) is 8. The molecule has 4 aromatic rings. The molecule has 1 N–H and O–H groups in total. The summed E-state index contributed by atoms with van der Waals surface area (Å²) in [6, 6.07) is 8.85. The van der Waals surface area contributed by atoms with Crippen molar-refractivity contribution < 1.29 is 41.5 Å². The number of benzene rings is 2. The number of piperidine rings is 1. The number of aromatic carboxylic acids is 1. The van der Waals surface area contributed by atoms with Crippen LogP contribution in [-0.4, -0.2) is 45.2 Å². The van der Waals surface area contributed by atoms with Gasteiger partial charge in [0.2, 0.25) is 0 Å². The Labute approximate surface area is 241 Å². The lowest BCUT2D eigenvalue weighted by molar-refractivity contribution is -0.274. The zero-order valence-electron chi connectivity index (χ0n) is 22.1. The molecule has 13 heteroatoms. The van der Waals surface area contributed by atoms with E-state index in [4.69, 9.17) is 9.26 Å². The predicted molar refractivity (Wildman–Crippen MR) is 144 cm³/mol. The van der Waals surface area contributed by atoms with Gasteiger partial charge in [0.15, 0.2) is 5.69 Å². The van der Waals surface area contributed by atoms with Gasteiger partial charge in [-0.1, -0.05) is 17.3 Å². The molecule has 3 fully saturated rings. The summed E-state index contributed by atoms with van der Waals surface area (Å²) in [6.07, 6.45) is -0.176. The van der Waals surface area contributed by atoms with E-state index in [2.05, 4.69) is 19.2 Å². The number of anilines is 1. The van der Waals surface area contributed by atoms with Crippen LogP contribution in [0, 0.1) is 5.82 Å². The Kier molecular flexibility index (Phi) is 6.61. The van der Waals surface area contributed by atoms with Crippen LogP contribution in [0.5, 0.6) is 5.75 Å². The molecule has 2 aromatic carbocycles. The van der Waals surface area contributed by atoms with Crippen molar-refractivity contribution in [1.82, 2.24) is 9.53 Å². The number of hydrogen-bond donors (Lipinski definition) is 1. The minimum absolute atomic E-state index is 0.0262. The number of ether oxygens (including phenoxy) is 2. The molecular weight excluding hydrogens is 578 g/mol. The van der Waals surface area contributed by atoms with E-state index >= 15 is 4.39 Å². The second-order valence-corrected chi connectivity index (χ2v) is 11.8. The molecule has 2 aromatic heterocycles. The van der Waals surface area contributed by atoms with E-state index in [1.165, 1.54) is 24.3 Å². The molecule has 0 amide bonds. The molecule has 0 spiro atoms. The topological polar surface area (TPSA) is 97.9 Å². The number of carbonyl (C=O) groups is 1. The van der Waals surface area contributed by atoms with E-state index in [9.17, 15) is 23.1 Å². The number of halogens is 4. The molecule has 1 aliphatic carbocycles. The third-order valence-electron chi connectivity index (χ3n) is 8.31. The van der Waals surface area contributed by atoms with Crippen LogP contribution in [0.25, 0.3) is 21.3 Å². The average Bonchev–Trinajstić information content (AvgIpc) is 3.47. The summed E-state index contributed by atoms with van der Waals surface area (Å²) >= 11 is 1.04. The lowest BCUT2D eigenvalue weighted by Crippen LogP contribution is -2.46. The number of alkyl halides is 3. The maximum Gasteiger partial charge on any atom is 0.573 e. The monoisotopic (exact) mass is 603 g/mol. The highest BCUT2D eigenvalue weighted by Gasteiger charge is 2.43. The summed E-state index contributed by atoms with van der Waals surface area (Å²) < 4.78 is 75.5. The van der Waals surface area contributed by atoms with E-state index in [0.717, 1.165) is 37.2 Å². The molecule has 7 rings (SSSR count). The summed E-state index contributed by atoms with van der Waals surface area (Å²) in [5, 5.41) is 13.8. The standard InChI is InChI=1S/C29H25F4N3O5S/c30-21-11-19-24(42-35-26(19)28(37)38)12-22(21)36-15-7-8-16(36)10-17(9-15)39-13-20-25(34-41-27(20)14-5-6-14)18-3-1-2-4-23(18)40-29(31,32)33/h1-4,11-12,14-17H,5-10,13H2,(H,37,38)/t15-,16+,17?. The van der Waals surface area contributed by atoms with Gasteiger partial charge in [0, 0.05) is 34.5 Å². The zero-order chi connectivity index (χ0) is 29.2. The third kappa shape index (κ3) is 4.98. The number of aromatic nitrogens is 2. The van der Waals surface area contributed by atoms with Crippen LogP contribution in [0.15, 0.2) is 40.9 Å². The minimum Gasteiger partial charge on any atom is -0.476 e. The highest BCUT2D eigenvalue weighted by molar-refractivity contribution is 7.13. The molecule has 3 atom stereocenters. The van der Waals surface area contributed by atoms with Gasteiger partial charge in [0.1, 0.15) is 23.0 Å². The largest absolute Gasteiger partial charge is 0.573 e. The van der Waals surface area contributed by atoms with E-state index in [1.807, 2.05) is 0 Å². The fourth-order valence-corrected chi connectivity index (χ4v) is 7.16. The number of carboxylic acid groups (broad SMARTS) is 1. The van der Waals surface area contributed by atoms with Crippen LogP contribution in [-0.2, 0) is 11.3 Å². The van der Waals surface area contributed by atoms with Crippen LogP contribution in [0.1, 0.15) is 66.3 Å². The second kappa shape index (κ2) is 10.2. The van der Waals surface area contributed by atoms with Crippen molar-refractivity contribution in [2.45, 2.75) is 75.6 Å². The highest BCUT2D eigenvalue weighted by atomic mass is 32.1. The normalized spacial score (nSPS) is 22.2. The quantitative estimate of drug-likeness (QED) is 0.210. The smallest absolute Gasteiger partial charge is 0.476 e. The SMILES string of the molecule is O=C(O)c1nsc2cc(N3[C@@H]4CC[C@H]3CC(OCc3c(-c5ccccc5OC(F)(F)F)noc3C3CC3)C4)c(F)cc12. The third-order valence-corrected chi connectivity index (χ3v) is 9.12. The first kappa shape index (κ1) is 27.1. The van der Waals surface area contributed by atoms with E-state index < -0.39 is 18.1 Å². The Balaban J connectivity index is 1.11. The Morgan fingerprint density at radius 1 is 1.12 bits per heavy atom. The maximum absolute atomic E-state index is 15.3. The van der Waals surface area contributed by atoms with Crippen molar-refractivity contribution in [2.75, 3.05) is 4.90 Å². The summed E-state index contributed by atoms with van der Waals surface area (Å²) in [7, 11) is 0. The summed E-state index contributed by atoms with van der Waals surface area (Å²) in [6.45, 7) is 0.119. The van der Waals surface area contributed by atoms with Crippen molar-refractivity contribution in [1.29, 1.82) is 0 Å². The van der Waals surface area contributed by atoms with Gasteiger partial charge in [0.05, 0.1) is 23.1 Å². The molecule has 2 saturated heterocycles. The minimum atomic E-state index is -4.86. The Morgan fingerprint density at radius 2 is 1.86 bits per heavy atom. The molecule has 1 unspecified atom stereocenters. The summed E-state index contributed by atoms with van der Waals surface area (Å²) in [4.78, 5) is 13.5. The lowest BCUT2D eigenvalue weighted by atomic mass is 9.98. The van der Waals surface area contributed by atoms with Gasteiger partial charge in [-0.3, -0.25) is 0 Å². The summed E-state index contributed by atoms with van der Waals surface area (Å²) in [5.41, 5.74) is 1.37. The number of fused-ring (bicyclic) bond motifs is 3. The van der Waals surface area contributed by atoms with Gasteiger partial charge in [0.25, 0.3) is 0 Å². The average molecular weight is 604 g/mol. The van der Waals surface area contributed by atoms with Crippen molar-refractivity contribution in [3.8, 4) is 17.0 Å². The van der Waals surface area contributed by atoms with Crippen molar-refractivity contribution in [3.05, 3.63) is 59.2 Å². The van der Waals surface area contributed by atoms with Gasteiger partial charge in [-0.2, -0.15) is 4.37 Å². The molecule has 4 heterocycles. The molecule has 2 aliphatic heterocycles. The first-order valence-corrected chi connectivity index (χ1v) is 14.5. The molecule has 220 valence electrons. The van der Waals surface area contributed by atoms with Gasteiger partial charge >= 0.3 is 12.3 Å². The van der Waals surface area contributed by atoms with Crippen LogP contribution in [0.4, 0.5) is 23.2 Å². The zero-order valence-corrected chi connectivity index (χ0v) is 22.9. The van der Waals surface area contributed by atoms with Crippen molar-refractivity contribution in [2.24, 2.45) is 0 Å². The number of nitrogens with zero attached hydrogens (tertiary/aromatic N) is 3. The predicted octanol–water partition coefficient (Wildman–Crippen LogP) is 7.28. The highest BCUT2D eigenvalue weighted by Crippen LogP contribution is 2.47. The first-order valence-electron chi connectivity index (χ1n) is 13.7. The molecule has 0 radical (unpaired) electrons.